The first-order valence-corrected chi connectivity index (χ1v) is 8.12. The minimum Gasteiger partial charge on any atom is -0.497 e. The SMILES string of the molecule is COc1ccc2cc(C(=O)N3CC(Cn4ncccc4=O)C3)[nH]c2c1. The summed E-state index contributed by atoms with van der Waals surface area (Å²) in [5, 5.41) is 5.03. The fourth-order valence-electron chi connectivity index (χ4n) is 3.14. The summed E-state index contributed by atoms with van der Waals surface area (Å²) >= 11 is 0. The summed E-state index contributed by atoms with van der Waals surface area (Å²) in [6, 6.07) is 10.6. The number of aromatic amines is 1. The van der Waals surface area contributed by atoms with Crippen molar-refractivity contribution >= 4 is 16.8 Å². The summed E-state index contributed by atoms with van der Waals surface area (Å²) in [6.45, 7) is 1.79. The van der Waals surface area contributed by atoms with Crippen molar-refractivity contribution in [3.63, 3.8) is 0 Å². The van der Waals surface area contributed by atoms with E-state index in [1.807, 2.05) is 24.3 Å². The number of carbonyl (C=O) groups is 1. The fraction of sp³-hybridized carbons (Fsp3) is 0.278. The lowest BCUT2D eigenvalue weighted by atomic mass is 10.00. The summed E-state index contributed by atoms with van der Waals surface area (Å²) < 4.78 is 6.65. The van der Waals surface area contributed by atoms with Crippen LogP contribution in [-0.2, 0) is 6.54 Å². The van der Waals surface area contributed by atoms with Gasteiger partial charge < -0.3 is 14.6 Å². The van der Waals surface area contributed by atoms with Gasteiger partial charge in [-0.25, -0.2) is 4.68 Å². The quantitative estimate of drug-likeness (QED) is 0.782. The highest BCUT2D eigenvalue weighted by Gasteiger charge is 2.32. The number of likely N-dealkylation sites (tertiary alicyclic amines) is 1. The zero-order chi connectivity index (χ0) is 17.4. The van der Waals surface area contributed by atoms with Gasteiger partial charge in [0.1, 0.15) is 11.4 Å². The number of aromatic nitrogens is 3. The van der Waals surface area contributed by atoms with E-state index in [1.165, 1.54) is 10.7 Å². The Hall–Kier alpha value is -3.09. The molecule has 1 fully saturated rings. The summed E-state index contributed by atoms with van der Waals surface area (Å²) in [4.78, 5) is 29.2. The largest absolute Gasteiger partial charge is 0.497 e. The van der Waals surface area contributed by atoms with Crippen LogP contribution in [0.1, 0.15) is 10.5 Å². The van der Waals surface area contributed by atoms with E-state index in [4.69, 9.17) is 4.74 Å². The zero-order valence-electron chi connectivity index (χ0n) is 13.8. The molecule has 7 nitrogen and oxygen atoms in total. The molecule has 1 aliphatic rings. The molecule has 0 unspecified atom stereocenters. The highest BCUT2D eigenvalue weighted by atomic mass is 16.5. The van der Waals surface area contributed by atoms with E-state index < -0.39 is 0 Å². The van der Waals surface area contributed by atoms with Crippen LogP contribution in [0.4, 0.5) is 0 Å². The van der Waals surface area contributed by atoms with E-state index in [1.54, 1.807) is 24.3 Å². The van der Waals surface area contributed by atoms with Crippen LogP contribution in [0, 0.1) is 5.92 Å². The molecule has 4 rings (SSSR count). The standard InChI is InChI=1S/C18H18N4O3/c1-25-14-5-4-13-7-16(20-15(13)8-14)18(24)21-9-12(10-21)11-22-17(23)3-2-6-19-22/h2-8,12,20H,9-11H2,1H3. The van der Waals surface area contributed by atoms with Crippen molar-refractivity contribution < 1.29 is 9.53 Å². The molecular weight excluding hydrogens is 320 g/mol. The molecule has 0 aliphatic carbocycles. The first kappa shape index (κ1) is 15.4. The molecular formula is C18H18N4O3. The van der Waals surface area contributed by atoms with E-state index >= 15 is 0 Å². The van der Waals surface area contributed by atoms with Gasteiger partial charge in [-0.3, -0.25) is 9.59 Å². The van der Waals surface area contributed by atoms with Crippen molar-refractivity contribution in [1.82, 2.24) is 19.7 Å². The van der Waals surface area contributed by atoms with Gasteiger partial charge in [-0.05, 0) is 24.3 Å². The van der Waals surface area contributed by atoms with E-state index in [0.717, 1.165) is 16.7 Å². The average Bonchev–Trinajstić information content (AvgIpc) is 3.01. The van der Waals surface area contributed by atoms with Crippen LogP contribution >= 0.6 is 0 Å². The minimum atomic E-state index is -0.114. The van der Waals surface area contributed by atoms with Crippen LogP contribution in [0.2, 0.25) is 0 Å². The molecule has 2 aromatic heterocycles. The van der Waals surface area contributed by atoms with Crippen LogP contribution in [0.25, 0.3) is 10.9 Å². The molecule has 0 bridgehead atoms. The number of benzene rings is 1. The molecule has 7 heteroatoms. The second-order valence-electron chi connectivity index (χ2n) is 6.26. The van der Waals surface area contributed by atoms with Crippen molar-refractivity contribution in [3.05, 3.63) is 58.6 Å². The van der Waals surface area contributed by atoms with Crippen LogP contribution < -0.4 is 10.3 Å². The lowest BCUT2D eigenvalue weighted by Crippen LogP contribution is -2.52. The molecule has 1 aliphatic heterocycles. The van der Waals surface area contributed by atoms with E-state index in [2.05, 4.69) is 10.1 Å². The second kappa shape index (κ2) is 6.08. The van der Waals surface area contributed by atoms with Gasteiger partial charge in [0.2, 0.25) is 0 Å². The van der Waals surface area contributed by atoms with Gasteiger partial charge in [0.25, 0.3) is 11.5 Å². The van der Waals surface area contributed by atoms with Crippen LogP contribution in [-0.4, -0.2) is 45.8 Å². The third-order valence-electron chi connectivity index (χ3n) is 4.52. The number of methoxy groups -OCH3 is 1. The molecule has 128 valence electrons. The number of hydrogen-bond acceptors (Lipinski definition) is 4. The Labute approximate surface area is 143 Å². The Morgan fingerprint density at radius 1 is 1.32 bits per heavy atom. The number of carbonyl (C=O) groups excluding carboxylic acids is 1. The molecule has 1 aromatic carbocycles. The van der Waals surface area contributed by atoms with Gasteiger partial charge in [-0.1, -0.05) is 0 Å². The van der Waals surface area contributed by atoms with Crippen molar-refractivity contribution in [1.29, 1.82) is 0 Å². The molecule has 3 aromatic rings. The molecule has 0 spiro atoms. The monoisotopic (exact) mass is 338 g/mol. The van der Waals surface area contributed by atoms with Gasteiger partial charge in [-0.2, -0.15) is 5.10 Å². The van der Waals surface area contributed by atoms with Crippen molar-refractivity contribution in [2.45, 2.75) is 6.54 Å². The highest BCUT2D eigenvalue weighted by Crippen LogP contribution is 2.24. The van der Waals surface area contributed by atoms with Gasteiger partial charge in [-0.15, -0.1) is 0 Å². The average molecular weight is 338 g/mol. The van der Waals surface area contributed by atoms with Crippen LogP contribution in [0.5, 0.6) is 5.75 Å². The highest BCUT2D eigenvalue weighted by molar-refractivity contribution is 5.98. The summed E-state index contributed by atoms with van der Waals surface area (Å²) in [7, 11) is 1.61. The fourth-order valence-corrected chi connectivity index (χ4v) is 3.14. The first-order chi connectivity index (χ1) is 12.1. The van der Waals surface area contributed by atoms with Gasteiger partial charge >= 0.3 is 0 Å². The third kappa shape index (κ3) is 2.88. The number of hydrogen-bond donors (Lipinski definition) is 1. The number of ether oxygens (including phenoxy) is 1. The lowest BCUT2D eigenvalue weighted by molar-refractivity contribution is 0.0453. The molecule has 25 heavy (non-hydrogen) atoms. The van der Waals surface area contributed by atoms with Crippen molar-refractivity contribution in [3.8, 4) is 5.75 Å². The molecule has 3 heterocycles. The molecule has 0 atom stereocenters. The number of H-pyrrole nitrogens is 1. The maximum Gasteiger partial charge on any atom is 0.270 e. The summed E-state index contributed by atoms with van der Waals surface area (Å²) in [6.07, 6.45) is 1.60. The molecule has 0 radical (unpaired) electrons. The lowest BCUT2D eigenvalue weighted by Gasteiger charge is -2.38. The molecule has 1 N–H and O–H groups in total. The Kier molecular flexibility index (Phi) is 3.76. The Balaban J connectivity index is 1.43. The Morgan fingerprint density at radius 2 is 2.16 bits per heavy atom. The van der Waals surface area contributed by atoms with E-state index in [-0.39, 0.29) is 17.4 Å². The van der Waals surface area contributed by atoms with Gasteiger partial charge in [0, 0.05) is 48.2 Å². The first-order valence-electron chi connectivity index (χ1n) is 8.12. The Morgan fingerprint density at radius 3 is 2.92 bits per heavy atom. The van der Waals surface area contributed by atoms with Gasteiger partial charge in [0.15, 0.2) is 0 Å². The normalized spacial score (nSPS) is 14.5. The number of nitrogens with one attached hydrogen (secondary N) is 1. The number of rotatable bonds is 4. The number of fused-ring (bicyclic) bond motifs is 1. The van der Waals surface area contributed by atoms with E-state index in [9.17, 15) is 9.59 Å². The molecule has 0 saturated carbocycles. The van der Waals surface area contributed by atoms with Gasteiger partial charge in [0.05, 0.1) is 13.7 Å². The number of amides is 1. The Bertz CT molecular complexity index is 985. The third-order valence-corrected chi connectivity index (χ3v) is 4.52. The number of nitrogens with zero attached hydrogens (tertiary/aromatic N) is 3. The van der Waals surface area contributed by atoms with Crippen molar-refractivity contribution in [2.75, 3.05) is 20.2 Å². The zero-order valence-corrected chi connectivity index (χ0v) is 13.8. The summed E-state index contributed by atoms with van der Waals surface area (Å²) in [5.74, 6) is 0.971. The topological polar surface area (TPSA) is 80.2 Å². The second-order valence-corrected chi connectivity index (χ2v) is 6.26. The minimum absolute atomic E-state index is 0.0280. The predicted molar refractivity (Wildman–Crippen MR) is 92.7 cm³/mol. The molecule has 1 amide bonds. The van der Waals surface area contributed by atoms with Crippen molar-refractivity contribution in [2.24, 2.45) is 5.92 Å². The van der Waals surface area contributed by atoms with E-state index in [0.29, 0.717) is 25.3 Å². The molecule has 1 saturated heterocycles. The maximum absolute atomic E-state index is 12.6. The smallest absolute Gasteiger partial charge is 0.270 e. The predicted octanol–water partition coefficient (Wildman–Crippen LogP) is 1.51. The summed E-state index contributed by atoms with van der Waals surface area (Å²) in [5.41, 5.74) is 1.33. The maximum atomic E-state index is 12.6. The van der Waals surface area contributed by atoms with Crippen LogP contribution in [0.3, 0.4) is 0 Å². The van der Waals surface area contributed by atoms with Crippen LogP contribution in [0.15, 0.2) is 47.4 Å².